The van der Waals surface area contributed by atoms with Gasteiger partial charge in [0.2, 0.25) is 5.91 Å². The molecule has 1 aromatic rings. The van der Waals surface area contributed by atoms with Gasteiger partial charge >= 0.3 is 5.97 Å². The van der Waals surface area contributed by atoms with Gasteiger partial charge in [-0.15, -0.1) is 0 Å². The monoisotopic (exact) mass is 347 g/mol. The number of rotatable bonds is 6. The van der Waals surface area contributed by atoms with Crippen LogP contribution in [0.1, 0.15) is 43.5 Å². The minimum absolute atomic E-state index is 0.0560. The van der Waals surface area contributed by atoms with Gasteiger partial charge in [-0.2, -0.15) is 0 Å². The molecule has 1 aliphatic heterocycles. The molecule has 1 saturated heterocycles. The summed E-state index contributed by atoms with van der Waals surface area (Å²) in [6, 6.07) is 7.15. The molecule has 2 atom stereocenters. The lowest BCUT2D eigenvalue weighted by Crippen LogP contribution is -2.51. The van der Waals surface area contributed by atoms with Crippen LogP contribution in [0.15, 0.2) is 24.3 Å². The molecule has 1 heterocycles. The largest absolute Gasteiger partial charge is 0.465 e. The maximum atomic E-state index is 12.4. The number of esters is 1. The normalized spacial score (nSPS) is 17.7. The second-order valence-corrected chi connectivity index (χ2v) is 6.73. The van der Waals surface area contributed by atoms with Crippen molar-refractivity contribution in [2.75, 3.05) is 25.5 Å². The molecular formula is C19H29N3O3. The highest BCUT2D eigenvalue weighted by atomic mass is 16.5. The third-order valence-corrected chi connectivity index (χ3v) is 5.00. The van der Waals surface area contributed by atoms with Gasteiger partial charge < -0.3 is 20.7 Å². The molecule has 0 radical (unpaired) electrons. The number of methoxy groups -OCH3 is 1. The van der Waals surface area contributed by atoms with Gasteiger partial charge in [0, 0.05) is 24.8 Å². The summed E-state index contributed by atoms with van der Waals surface area (Å²) in [5.74, 6) is -0.0898. The Kier molecular flexibility index (Phi) is 6.82. The molecule has 1 aliphatic rings. The molecule has 2 unspecified atom stereocenters. The van der Waals surface area contributed by atoms with Crippen LogP contribution in [0.4, 0.5) is 5.69 Å². The Morgan fingerprint density at radius 3 is 2.64 bits per heavy atom. The first kappa shape index (κ1) is 19.2. The van der Waals surface area contributed by atoms with E-state index in [1.54, 1.807) is 12.1 Å². The Hall–Kier alpha value is -2.08. The smallest absolute Gasteiger partial charge is 0.337 e. The summed E-state index contributed by atoms with van der Waals surface area (Å²) in [6.45, 7) is 5.48. The van der Waals surface area contributed by atoms with Gasteiger partial charge in [0.1, 0.15) is 0 Å². The second-order valence-electron chi connectivity index (χ2n) is 6.73. The van der Waals surface area contributed by atoms with Crippen LogP contribution in [0.5, 0.6) is 0 Å². The number of nitrogens with one attached hydrogen (secondary N) is 1. The topological polar surface area (TPSA) is 84.7 Å². The fraction of sp³-hybridized carbons (Fsp3) is 0.579. The quantitative estimate of drug-likeness (QED) is 0.771. The fourth-order valence-corrected chi connectivity index (χ4v) is 3.04. The van der Waals surface area contributed by atoms with Gasteiger partial charge in [0.15, 0.2) is 0 Å². The number of nitrogens with zero attached hydrogens (tertiary/aromatic N) is 1. The number of benzene rings is 1. The highest BCUT2D eigenvalue weighted by molar-refractivity contribution is 5.90. The third kappa shape index (κ3) is 4.95. The molecule has 2 rings (SSSR count). The predicted molar refractivity (Wildman–Crippen MR) is 98.4 cm³/mol. The van der Waals surface area contributed by atoms with Gasteiger partial charge in [0.25, 0.3) is 0 Å². The molecule has 6 nitrogen and oxygen atoms in total. The predicted octanol–water partition coefficient (Wildman–Crippen LogP) is 2.25. The van der Waals surface area contributed by atoms with Crippen molar-refractivity contribution in [2.24, 2.45) is 11.7 Å². The van der Waals surface area contributed by atoms with Gasteiger partial charge in [-0.25, -0.2) is 4.79 Å². The lowest BCUT2D eigenvalue weighted by molar-refractivity contribution is -0.134. The van der Waals surface area contributed by atoms with E-state index in [1.807, 2.05) is 24.0 Å². The molecule has 0 aliphatic carbocycles. The van der Waals surface area contributed by atoms with Crippen molar-refractivity contribution in [1.29, 1.82) is 0 Å². The van der Waals surface area contributed by atoms with Crippen LogP contribution in [0.25, 0.3) is 0 Å². The summed E-state index contributed by atoms with van der Waals surface area (Å²) in [5.41, 5.74) is 7.49. The van der Waals surface area contributed by atoms with Crippen molar-refractivity contribution in [2.45, 2.75) is 45.2 Å². The Labute approximate surface area is 149 Å². The van der Waals surface area contributed by atoms with E-state index in [0.29, 0.717) is 18.7 Å². The van der Waals surface area contributed by atoms with Crippen LogP contribution in [-0.4, -0.2) is 49.1 Å². The molecule has 1 aromatic carbocycles. The highest BCUT2D eigenvalue weighted by Crippen LogP contribution is 2.19. The molecule has 0 bridgehead atoms. The number of amides is 1. The molecule has 0 aromatic heterocycles. The van der Waals surface area contributed by atoms with E-state index in [0.717, 1.165) is 24.9 Å². The first-order valence-corrected chi connectivity index (χ1v) is 8.95. The van der Waals surface area contributed by atoms with Crippen molar-refractivity contribution in [1.82, 2.24) is 4.90 Å². The number of carbonyl (C=O) groups excluding carboxylic acids is 2. The van der Waals surface area contributed by atoms with Crippen molar-refractivity contribution in [3.63, 3.8) is 0 Å². The number of anilines is 1. The number of carbonyl (C=O) groups is 2. The Bertz CT molecular complexity index is 597. The summed E-state index contributed by atoms with van der Waals surface area (Å²) in [4.78, 5) is 25.9. The lowest BCUT2D eigenvalue weighted by Gasteiger charge is -2.35. The summed E-state index contributed by atoms with van der Waals surface area (Å²) in [5, 5.41) is 3.45. The summed E-state index contributed by atoms with van der Waals surface area (Å²) >= 11 is 0. The van der Waals surface area contributed by atoms with Crippen LogP contribution in [0.2, 0.25) is 0 Å². The fourth-order valence-electron chi connectivity index (χ4n) is 3.04. The van der Waals surface area contributed by atoms with Crippen molar-refractivity contribution >= 4 is 17.6 Å². The average molecular weight is 347 g/mol. The molecular weight excluding hydrogens is 318 g/mol. The van der Waals surface area contributed by atoms with E-state index in [-0.39, 0.29) is 23.8 Å². The van der Waals surface area contributed by atoms with Crippen LogP contribution in [-0.2, 0) is 9.53 Å². The SMILES string of the molecule is CCC(C)C(N)C(=O)N1CCC(Nc2cccc(C(=O)OC)c2)CC1. The van der Waals surface area contributed by atoms with Crippen molar-refractivity contribution < 1.29 is 14.3 Å². The van der Waals surface area contributed by atoms with Crippen LogP contribution < -0.4 is 11.1 Å². The van der Waals surface area contributed by atoms with Crippen LogP contribution in [0.3, 0.4) is 0 Å². The molecule has 1 amide bonds. The van der Waals surface area contributed by atoms with Gasteiger partial charge in [0.05, 0.1) is 18.7 Å². The van der Waals surface area contributed by atoms with Crippen LogP contribution >= 0.6 is 0 Å². The molecule has 25 heavy (non-hydrogen) atoms. The lowest BCUT2D eigenvalue weighted by atomic mass is 9.97. The van der Waals surface area contributed by atoms with E-state index >= 15 is 0 Å². The van der Waals surface area contributed by atoms with E-state index in [4.69, 9.17) is 10.5 Å². The summed E-state index contributed by atoms with van der Waals surface area (Å²) in [7, 11) is 1.37. The van der Waals surface area contributed by atoms with Gasteiger partial charge in [-0.3, -0.25) is 4.79 Å². The third-order valence-electron chi connectivity index (χ3n) is 5.00. The van der Waals surface area contributed by atoms with Crippen molar-refractivity contribution in [3.05, 3.63) is 29.8 Å². The number of hydrogen-bond donors (Lipinski definition) is 2. The Morgan fingerprint density at radius 1 is 1.36 bits per heavy atom. The zero-order valence-corrected chi connectivity index (χ0v) is 15.3. The van der Waals surface area contributed by atoms with E-state index < -0.39 is 6.04 Å². The maximum Gasteiger partial charge on any atom is 0.337 e. The Balaban J connectivity index is 1.88. The van der Waals surface area contributed by atoms with Gasteiger partial charge in [-0.1, -0.05) is 26.3 Å². The van der Waals surface area contributed by atoms with Gasteiger partial charge in [-0.05, 0) is 37.0 Å². The van der Waals surface area contributed by atoms with E-state index in [9.17, 15) is 9.59 Å². The molecule has 0 saturated carbocycles. The maximum absolute atomic E-state index is 12.4. The second kappa shape index (κ2) is 8.85. The Morgan fingerprint density at radius 2 is 2.04 bits per heavy atom. The van der Waals surface area contributed by atoms with Crippen molar-refractivity contribution in [3.8, 4) is 0 Å². The molecule has 3 N–H and O–H groups in total. The number of ether oxygens (including phenoxy) is 1. The number of nitrogens with two attached hydrogens (primary N) is 1. The zero-order chi connectivity index (χ0) is 18.4. The van der Waals surface area contributed by atoms with E-state index in [1.165, 1.54) is 7.11 Å². The first-order valence-electron chi connectivity index (χ1n) is 8.95. The minimum atomic E-state index is -0.411. The first-order chi connectivity index (χ1) is 12.0. The zero-order valence-electron chi connectivity index (χ0n) is 15.3. The number of hydrogen-bond acceptors (Lipinski definition) is 5. The number of likely N-dealkylation sites (tertiary alicyclic amines) is 1. The molecule has 6 heteroatoms. The average Bonchev–Trinajstić information content (AvgIpc) is 2.66. The molecule has 0 spiro atoms. The minimum Gasteiger partial charge on any atom is -0.465 e. The van der Waals surface area contributed by atoms with Crippen LogP contribution in [0, 0.1) is 5.92 Å². The molecule has 138 valence electrons. The standard InChI is InChI=1S/C19H29N3O3/c1-4-13(2)17(20)18(23)22-10-8-15(9-11-22)21-16-7-5-6-14(12-16)19(24)25-3/h5-7,12-13,15,17,21H,4,8-11,20H2,1-3H3. The number of piperidine rings is 1. The summed E-state index contributed by atoms with van der Waals surface area (Å²) < 4.78 is 4.75. The summed E-state index contributed by atoms with van der Waals surface area (Å²) in [6.07, 6.45) is 2.63. The highest BCUT2D eigenvalue weighted by Gasteiger charge is 2.28. The molecule has 1 fully saturated rings. The van der Waals surface area contributed by atoms with E-state index in [2.05, 4.69) is 12.2 Å².